The van der Waals surface area contributed by atoms with Crippen molar-refractivity contribution in [3.63, 3.8) is 0 Å². The Morgan fingerprint density at radius 1 is 1.08 bits per heavy atom. The molecule has 1 aliphatic heterocycles. The van der Waals surface area contributed by atoms with Crippen molar-refractivity contribution in [2.75, 3.05) is 29.9 Å². The Balaban J connectivity index is 1.41. The number of rotatable bonds is 4. The lowest BCUT2D eigenvalue weighted by atomic mass is 10.1. The van der Waals surface area contributed by atoms with Gasteiger partial charge in [-0.05, 0) is 29.8 Å². The lowest BCUT2D eigenvalue weighted by molar-refractivity contribution is 0.102. The molecule has 0 saturated carbocycles. The third-order valence-electron chi connectivity index (χ3n) is 4.57. The summed E-state index contributed by atoms with van der Waals surface area (Å²) in [7, 11) is 0. The maximum absolute atomic E-state index is 12.5. The van der Waals surface area contributed by atoms with Crippen LogP contribution in [0.3, 0.4) is 0 Å². The molecule has 4 nitrogen and oxygen atoms in total. The number of carbonyl (C=O) groups excluding carboxylic acids is 1. The molecular formula is C21H21N3OS. The smallest absolute Gasteiger partial charge is 0.257 e. The number of pyridine rings is 1. The molecule has 0 unspecified atom stereocenters. The third-order valence-corrected chi connectivity index (χ3v) is 5.52. The van der Waals surface area contributed by atoms with Crippen molar-refractivity contribution in [1.29, 1.82) is 0 Å². The average Bonchev–Trinajstić information content (AvgIpc) is 2.70. The van der Waals surface area contributed by atoms with Gasteiger partial charge in [-0.25, -0.2) is 0 Å². The zero-order chi connectivity index (χ0) is 17.8. The molecule has 2 aromatic carbocycles. The lowest BCUT2D eigenvalue weighted by Gasteiger charge is -2.26. The zero-order valence-electron chi connectivity index (χ0n) is 14.5. The number of aromatic nitrogens is 1. The number of benzene rings is 2. The van der Waals surface area contributed by atoms with Crippen LogP contribution >= 0.6 is 11.8 Å². The molecule has 0 spiro atoms. The molecule has 132 valence electrons. The maximum Gasteiger partial charge on any atom is 0.257 e. The van der Waals surface area contributed by atoms with Crippen LogP contribution < -0.4 is 5.32 Å². The van der Waals surface area contributed by atoms with E-state index < -0.39 is 0 Å². The molecule has 1 amide bonds. The SMILES string of the molecule is O=C(Nc1ccc(CN2CCSCC2)cc1)c1cnc2ccccc2c1. The number of hydrogen-bond donors (Lipinski definition) is 1. The summed E-state index contributed by atoms with van der Waals surface area (Å²) in [6.07, 6.45) is 1.63. The van der Waals surface area contributed by atoms with Crippen LogP contribution in [0.5, 0.6) is 0 Å². The fourth-order valence-corrected chi connectivity index (χ4v) is 4.09. The first-order valence-electron chi connectivity index (χ1n) is 8.83. The second kappa shape index (κ2) is 7.89. The summed E-state index contributed by atoms with van der Waals surface area (Å²) in [6.45, 7) is 3.28. The second-order valence-corrected chi connectivity index (χ2v) is 7.68. The second-order valence-electron chi connectivity index (χ2n) is 6.46. The van der Waals surface area contributed by atoms with Gasteiger partial charge in [0.2, 0.25) is 0 Å². The molecule has 1 saturated heterocycles. The molecule has 0 atom stereocenters. The van der Waals surface area contributed by atoms with Crippen LogP contribution in [-0.4, -0.2) is 40.4 Å². The number of anilines is 1. The minimum atomic E-state index is -0.135. The molecule has 0 aliphatic carbocycles. The van der Waals surface area contributed by atoms with Gasteiger partial charge in [0.05, 0.1) is 11.1 Å². The van der Waals surface area contributed by atoms with Gasteiger partial charge in [0, 0.05) is 48.4 Å². The highest BCUT2D eigenvalue weighted by atomic mass is 32.2. The highest BCUT2D eigenvalue weighted by Gasteiger charge is 2.11. The number of carbonyl (C=O) groups is 1. The number of amides is 1. The summed E-state index contributed by atoms with van der Waals surface area (Å²) < 4.78 is 0. The van der Waals surface area contributed by atoms with E-state index in [9.17, 15) is 4.79 Å². The predicted molar refractivity (Wildman–Crippen MR) is 109 cm³/mol. The van der Waals surface area contributed by atoms with E-state index in [0.29, 0.717) is 5.56 Å². The Bertz CT molecular complexity index is 905. The average molecular weight is 363 g/mol. The van der Waals surface area contributed by atoms with Crippen LogP contribution in [-0.2, 0) is 6.54 Å². The summed E-state index contributed by atoms with van der Waals surface area (Å²) in [5.41, 5.74) is 3.55. The molecule has 0 radical (unpaired) electrons. The van der Waals surface area contributed by atoms with E-state index in [1.54, 1.807) is 6.20 Å². The molecule has 3 aromatic rings. The van der Waals surface area contributed by atoms with Gasteiger partial charge in [0.1, 0.15) is 0 Å². The van der Waals surface area contributed by atoms with Gasteiger partial charge in [-0.15, -0.1) is 0 Å². The summed E-state index contributed by atoms with van der Waals surface area (Å²) in [6, 6.07) is 17.8. The lowest BCUT2D eigenvalue weighted by Crippen LogP contribution is -2.31. The topological polar surface area (TPSA) is 45.2 Å². The first-order chi connectivity index (χ1) is 12.8. The van der Waals surface area contributed by atoms with Crippen molar-refractivity contribution in [3.8, 4) is 0 Å². The van der Waals surface area contributed by atoms with Gasteiger partial charge in [-0.3, -0.25) is 14.7 Å². The van der Waals surface area contributed by atoms with Crippen molar-refractivity contribution >= 4 is 34.3 Å². The molecule has 2 heterocycles. The molecule has 0 bridgehead atoms. The Labute approximate surface area is 157 Å². The molecule has 1 N–H and O–H groups in total. The number of fused-ring (bicyclic) bond motifs is 1. The first-order valence-corrected chi connectivity index (χ1v) is 9.98. The van der Waals surface area contributed by atoms with Crippen molar-refractivity contribution in [2.24, 2.45) is 0 Å². The van der Waals surface area contributed by atoms with E-state index >= 15 is 0 Å². The van der Waals surface area contributed by atoms with Gasteiger partial charge in [-0.2, -0.15) is 11.8 Å². The van der Waals surface area contributed by atoms with Crippen LogP contribution in [0.4, 0.5) is 5.69 Å². The van der Waals surface area contributed by atoms with E-state index in [1.807, 2.05) is 54.2 Å². The molecular weight excluding hydrogens is 342 g/mol. The van der Waals surface area contributed by atoms with Crippen LogP contribution in [0.1, 0.15) is 15.9 Å². The van der Waals surface area contributed by atoms with Crippen molar-refractivity contribution < 1.29 is 4.79 Å². The van der Waals surface area contributed by atoms with Crippen molar-refractivity contribution in [3.05, 3.63) is 71.9 Å². The summed E-state index contributed by atoms with van der Waals surface area (Å²) >= 11 is 2.02. The zero-order valence-corrected chi connectivity index (χ0v) is 15.3. The van der Waals surface area contributed by atoms with E-state index in [0.717, 1.165) is 36.2 Å². The van der Waals surface area contributed by atoms with E-state index in [-0.39, 0.29) is 5.91 Å². The number of nitrogens with zero attached hydrogens (tertiary/aromatic N) is 2. The molecule has 26 heavy (non-hydrogen) atoms. The Morgan fingerprint density at radius 3 is 2.65 bits per heavy atom. The molecule has 1 aliphatic rings. The Hall–Kier alpha value is -2.37. The number of para-hydroxylation sites is 1. The van der Waals surface area contributed by atoms with Gasteiger partial charge in [-0.1, -0.05) is 30.3 Å². The largest absolute Gasteiger partial charge is 0.322 e. The molecule has 5 heteroatoms. The minimum Gasteiger partial charge on any atom is -0.322 e. The fourth-order valence-electron chi connectivity index (χ4n) is 3.11. The first kappa shape index (κ1) is 17.1. The number of hydrogen-bond acceptors (Lipinski definition) is 4. The van der Waals surface area contributed by atoms with E-state index in [4.69, 9.17) is 0 Å². The summed E-state index contributed by atoms with van der Waals surface area (Å²) in [5, 5.41) is 3.93. The molecule has 4 rings (SSSR count). The third kappa shape index (κ3) is 4.06. The standard InChI is InChI=1S/C21H21N3OS/c25-21(18-13-17-3-1-2-4-20(17)22-14-18)23-19-7-5-16(6-8-19)15-24-9-11-26-12-10-24/h1-8,13-14H,9-12,15H2,(H,23,25). The highest BCUT2D eigenvalue weighted by Crippen LogP contribution is 2.17. The minimum absolute atomic E-state index is 0.135. The molecule has 1 fully saturated rings. The van der Waals surface area contributed by atoms with Gasteiger partial charge in [0.15, 0.2) is 0 Å². The Kier molecular flexibility index (Phi) is 5.18. The molecule has 1 aromatic heterocycles. The van der Waals surface area contributed by atoms with Crippen molar-refractivity contribution in [2.45, 2.75) is 6.54 Å². The normalized spacial score (nSPS) is 15.1. The van der Waals surface area contributed by atoms with Gasteiger partial charge in [0.25, 0.3) is 5.91 Å². The van der Waals surface area contributed by atoms with Crippen molar-refractivity contribution in [1.82, 2.24) is 9.88 Å². The number of nitrogens with one attached hydrogen (secondary N) is 1. The fraction of sp³-hybridized carbons (Fsp3) is 0.238. The summed E-state index contributed by atoms with van der Waals surface area (Å²) in [4.78, 5) is 19.3. The van der Waals surface area contributed by atoms with Gasteiger partial charge < -0.3 is 5.32 Å². The van der Waals surface area contributed by atoms with Crippen LogP contribution in [0, 0.1) is 0 Å². The monoisotopic (exact) mass is 363 g/mol. The number of thioether (sulfide) groups is 1. The highest BCUT2D eigenvalue weighted by molar-refractivity contribution is 7.99. The van der Waals surface area contributed by atoms with Crippen LogP contribution in [0.2, 0.25) is 0 Å². The summed E-state index contributed by atoms with van der Waals surface area (Å²) in [5.74, 6) is 2.30. The van der Waals surface area contributed by atoms with Crippen LogP contribution in [0.25, 0.3) is 10.9 Å². The predicted octanol–water partition coefficient (Wildman–Crippen LogP) is 4.04. The quantitative estimate of drug-likeness (QED) is 0.760. The Morgan fingerprint density at radius 2 is 1.85 bits per heavy atom. The van der Waals surface area contributed by atoms with Gasteiger partial charge >= 0.3 is 0 Å². The van der Waals surface area contributed by atoms with E-state index in [2.05, 4.69) is 27.3 Å². The maximum atomic E-state index is 12.5. The van der Waals surface area contributed by atoms with Crippen LogP contribution in [0.15, 0.2) is 60.8 Å². The van der Waals surface area contributed by atoms with E-state index in [1.165, 1.54) is 17.1 Å².